The Hall–Kier alpha value is -7.86. The van der Waals surface area contributed by atoms with E-state index in [4.69, 9.17) is 15.2 Å². The van der Waals surface area contributed by atoms with Gasteiger partial charge < -0.3 is 56.3 Å². The molecule has 2 aromatic carbocycles. The van der Waals surface area contributed by atoms with Gasteiger partial charge in [-0.3, -0.25) is 57.6 Å². The molecule has 7 N–H and O–H groups in total. The van der Waals surface area contributed by atoms with Gasteiger partial charge in [0.15, 0.2) is 5.78 Å². The number of aryl methyl sites for hydroxylation is 1. The van der Waals surface area contributed by atoms with Crippen LogP contribution in [0.15, 0.2) is 66.7 Å². The number of urea groups is 1. The summed E-state index contributed by atoms with van der Waals surface area (Å²) < 4.78 is 12.1. The Labute approximate surface area is 565 Å². The lowest BCUT2D eigenvalue weighted by atomic mass is 9.85. The zero-order valence-corrected chi connectivity index (χ0v) is 57.9. The van der Waals surface area contributed by atoms with Gasteiger partial charge in [0.05, 0.1) is 42.7 Å². The molecule has 96 heavy (non-hydrogen) atoms. The number of nitrogens with two attached hydrogens (primary N) is 1. The molecule has 0 unspecified atom stereocenters. The van der Waals surface area contributed by atoms with E-state index >= 15 is 0 Å². The number of piperidine rings is 1. The fourth-order valence-corrected chi connectivity index (χ4v) is 14.5. The maximum atomic E-state index is 14.9. The summed E-state index contributed by atoms with van der Waals surface area (Å²) >= 11 is 0. The molecule has 13 atom stereocenters. The van der Waals surface area contributed by atoms with E-state index in [0.29, 0.717) is 70.0 Å². The number of primary amides is 1. The van der Waals surface area contributed by atoms with Crippen molar-refractivity contribution in [3.63, 3.8) is 0 Å². The largest absolute Gasteiger partial charge is 0.481 e. The lowest BCUT2D eigenvalue weighted by molar-refractivity contribution is -0.149. The van der Waals surface area contributed by atoms with Gasteiger partial charge in [0.2, 0.25) is 35.4 Å². The number of Topliss-reactive ketones (excluding diaryl/α,β-unsaturated/α-hetero) is 2. The van der Waals surface area contributed by atoms with Crippen molar-refractivity contribution in [2.24, 2.45) is 47.2 Å². The number of carboxylic acid groups (broad SMARTS) is 1. The Kier molecular flexibility index (Phi) is 29.8. The molecule has 2 aromatic rings. The minimum absolute atomic E-state index is 0.0869. The Bertz CT molecular complexity index is 3050. The maximum Gasteiger partial charge on any atom is 0.312 e. The van der Waals surface area contributed by atoms with Crippen molar-refractivity contribution in [1.82, 2.24) is 35.6 Å². The second kappa shape index (κ2) is 37.0. The number of likely N-dealkylation sites (N-methyl/N-ethyl adjacent to an activating group) is 1. The van der Waals surface area contributed by atoms with E-state index in [0.717, 1.165) is 28.9 Å². The summed E-state index contributed by atoms with van der Waals surface area (Å²) in [7, 11) is 4.68. The minimum atomic E-state index is -1.06. The van der Waals surface area contributed by atoms with Gasteiger partial charge in [0, 0.05) is 102 Å². The highest BCUT2D eigenvalue weighted by Crippen LogP contribution is 2.43. The number of fused-ring (bicyclic) bond motifs is 2. The average molecular weight is 1340 g/mol. The van der Waals surface area contributed by atoms with E-state index in [9.17, 15) is 62.6 Å². The predicted molar refractivity (Wildman–Crippen MR) is 360 cm³/mol. The van der Waals surface area contributed by atoms with Crippen LogP contribution in [0, 0.1) is 41.4 Å². The number of aliphatic carboxylic acids is 1. The van der Waals surface area contributed by atoms with Gasteiger partial charge in [-0.2, -0.15) is 0 Å². The number of imide groups is 1. The SMILES string of the molecule is CC[C@H](C)[C@@H]([C@@H](CC(=O)N1CCC[C@H]1[C@H](OC)[C@@H](C)C(=O)C[C@@H](Cc1ccccc1)C(=O)O)OC)N(C)C(=O)[C@@H](NC(=O)[C@@H]1[C@H]2CC[C@@H](C2)N1C(=O)CCc1ccc(NC(=O)[C@H](CCCNC(N)=O)CC(=O)[C@@H](NC(=O)CCCCCN2C(=O)C=CC2=O)C(C)C)cc1)C(C)C. The number of carbonyl (C=O) groups is 12. The number of carboxylic acids is 1. The monoisotopic (exact) mass is 1340 g/mol. The van der Waals surface area contributed by atoms with Gasteiger partial charge in [0.1, 0.15) is 17.9 Å². The van der Waals surface area contributed by atoms with Crippen molar-refractivity contribution in [2.75, 3.05) is 46.2 Å². The Balaban J connectivity index is 1.04. The molecule has 24 nitrogen and oxygen atoms in total. The summed E-state index contributed by atoms with van der Waals surface area (Å²) in [4.78, 5) is 167. The van der Waals surface area contributed by atoms with Crippen LogP contribution in [-0.4, -0.2) is 185 Å². The van der Waals surface area contributed by atoms with Crippen molar-refractivity contribution in [1.29, 1.82) is 0 Å². The van der Waals surface area contributed by atoms with Crippen LogP contribution in [0.3, 0.4) is 0 Å². The van der Waals surface area contributed by atoms with Crippen LogP contribution in [0.2, 0.25) is 0 Å². The highest BCUT2D eigenvalue weighted by atomic mass is 16.5. The first-order valence-electron chi connectivity index (χ1n) is 34.5. The molecule has 1 saturated carbocycles. The molecular weight excluding hydrogens is 1230 g/mol. The highest BCUT2D eigenvalue weighted by Gasteiger charge is 2.52. The number of anilines is 1. The van der Waals surface area contributed by atoms with Crippen LogP contribution >= 0.6 is 0 Å². The molecule has 4 aliphatic rings. The van der Waals surface area contributed by atoms with E-state index in [2.05, 4.69) is 21.3 Å². The molecule has 0 spiro atoms. The molecule has 24 heteroatoms. The summed E-state index contributed by atoms with van der Waals surface area (Å²) in [5, 5.41) is 21.4. The van der Waals surface area contributed by atoms with Crippen molar-refractivity contribution >= 4 is 76.5 Å². The van der Waals surface area contributed by atoms with Crippen LogP contribution in [0.4, 0.5) is 10.5 Å². The number of ketones is 2. The molecule has 10 amide bonds. The van der Waals surface area contributed by atoms with Crippen LogP contribution in [-0.2, 0) is 75.1 Å². The molecule has 3 aliphatic heterocycles. The molecule has 2 saturated heterocycles. The summed E-state index contributed by atoms with van der Waals surface area (Å²) in [6.07, 6.45) is 7.39. The molecule has 1 aliphatic carbocycles. The Morgan fingerprint density at radius 2 is 1.40 bits per heavy atom. The number of unbranched alkanes of at least 4 members (excludes halogenated alkanes) is 2. The molecule has 0 aromatic heterocycles. The minimum Gasteiger partial charge on any atom is -0.481 e. The van der Waals surface area contributed by atoms with Gasteiger partial charge in [-0.1, -0.05) is 104 Å². The van der Waals surface area contributed by atoms with Gasteiger partial charge in [-0.15, -0.1) is 0 Å². The van der Waals surface area contributed by atoms with Crippen LogP contribution in [0.5, 0.6) is 0 Å². The van der Waals surface area contributed by atoms with E-state index in [1.807, 2.05) is 58.0 Å². The van der Waals surface area contributed by atoms with E-state index in [-0.39, 0.29) is 135 Å². The van der Waals surface area contributed by atoms with Gasteiger partial charge in [-0.05, 0) is 118 Å². The number of benzene rings is 2. The van der Waals surface area contributed by atoms with Crippen molar-refractivity contribution < 1.29 is 72.1 Å². The van der Waals surface area contributed by atoms with Gasteiger partial charge in [-0.25, -0.2) is 4.79 Å². The van der Waals surface area contributed by atoms with Gasteiger partial charge in [0.25, 0.3) is 11.8 Å². The maximum absolute atomic E-state index is 14.9. The van der Waals surface area contributed by atoms with E-state index in [1.54, 1.807) is 66.8 Å². The molecule has 2 bridgehead atoms. The Morgan fingerprint density at radius 1 is 0.729 bits per heavy atom. The smallest absolute Gasteiger partial charge is 0.312 e. The van der Waals surface area contributed by atoms with Gasteiger partial charge >= 0.3 is 12.0 Å². The molecular formula is C72H105N9O15. The molecule has 3 heterocycles. The number of rotatable bonds is 40. The topological polar surface area (TPSA) is 331 Å². The quantitative estimate of drug-likeness (QED) is 0.0304. The van der Waals surface area contributed by atoms with Crippen molar-refractivity contribution in [2.45, 2.75) is 212 Å². The fraction of sp³-hybridized carbons (Fsp3) is 0.639. The standard InChI is InChI=1S/C72H105N9O15/c1-11-45(6)65(57(95-9)42-62(88)79-37-19-23-54(79)67(96-10)46(7)55(82)41-51(71(92)93)38-48-20-14-12-15-21-48)78(8)70(91)64(44(4)5)77-69(90)66-49-28-31-53(39-49)81(66)61(87)32-27-47-25-29-52(30-26-47)75-68(89)50(22-18-35-74-72(73)94)40-56(83)63(43(2)3)76-58(84)24-16-13-17-36-80-59(85)33-34-60(80)86/h12,14-15,20-21,25-26,29-30,33-34,43-46,49-51,53-54,57,63-67H,11,13,16-19,22-24,27-28,31-32,35-42H2,1-10H3,(H,75,89)(H,76,84)(H,77,90)(H,92,93)(H3,73,74,94)/t45-,46-,49-,50+,51+,53-,54-,57+,63-,64-,65-,66-,67+/m0/s1. The number of hydrogen-bond donors (Lipinski definition) is 6. The summed E-state index contributed by atoms with van der Waals surface area (Å²) in [5.41, 5.74) is 7.33. The second-order valence-electron chi connectivity index (χ2n) is 27.4. The number of nitrogens with zero attached hydrogens (tertiary/aromatic N) is 4. The predicted octanol–water partition coefficient (Wildman–Crippen LogP) is 6.55. The third-order valence-corrected chi connectivity index (χ3v) is 20.1. The third kappa shape index (κ3) is 21.1. The second-order valence-corrected chi connectivity index (χ2v) is 27.4. The van der Waals surface area contributed by atoms with Crippen molar-refractivity contribution in [3.05, 3.63) is 77.9 Å². The number of carbonyl (C=O) groups excluding carboxylic acids is 11. The zero-order valence-electron chi connectivity index (χ0n) is 57.9. The number of methoxy groups -OCH3 is 2. The number of ether oxygens (including phenoxy) is 2. The van der Waals surface area contributed by atoms with Crippen LogP contribution in [0.25, 0.3) is 0 Å². The first-order valence-corrected chi connectivity index (χ1v) is 34.5. The molecule has 528 valence electrons. The number of amides is 10. The average Bonchev–Trinajstić information content (AvgIpc) is 1.60. The van der Waals surface area contributed by atoms with Crippen molar-refractivity contribution in [3.8, 4) is 0 Å². The number of nitrogens with one attached hydrogen (secondary N) is 4. The van der Waals surface area contributed by atoms with Crippen LogP contribution in [0.1, 0.15) is 162 Å². The fourth-order valence-electron chi connectivity index (χ4n) is 14.5. The van der Waals surface area contributed by atoms with E-state index in [1.165, 1.54) is 26.4 Å². The third-order valence-electron chi connectivity index (χ3n) is 20.1. The highest BCUT2D eigenvalue weighted by molar-refractivity contribution is 6.12. The summed E-state index contributed by atoms with van der Waals surface area (Å²) in [6, 6.07) is 11.6. The molecule has 0 radical (unpaired) electrons. The Morgan fingerprint density at radius 3 is 2.01 bits per heavy atom. The zero-order chi connectivity index (χ0) is 70.5. The first-order chi connectivity index (χ1) is 45.7. The summed E-state index contributed by atoms with van der Waals surface area (Å²) in [6.45, 7) is 13.8. The summed E-state index contributed by atoms with van der Waals surface area (Å²) in [5.74, 6) is -7.79. The normalized spacial score (nSPS) is 20.3. The molecule has 6 rings (SSSR count). The lowest BCUT2D eigenvalue weighted by Crippen LogP contribution is -2.60. The van der Waals surface area contributed by atoms with Crippen LogP contribution < -0.4 is 27.0 Å². The number of likely N-dealkylation sites (tertiary alicyclic amines) is 2. The van der Waals surface area contributed by atoms with E-state index < -0.39 is 84.0 Å². The lowest BCUT2D eigenvalue weighted by Gasteiger charge is -2.41. The number of hydrogen-bond acceptors (Lipinski definition) is 14. The first kappa shape index (κ1) is 77.1. The molecule has 3 fully saturated rings.